The molecule has 0 saturated carbocycles. The van der Waals surface area contributed by atoms with Crippen molar-refractivity contribution in [2.45, 2.75) is 51.6 Å². The van der Waals surface area contributed by atoms with Crippen LogP contribution >= 0.6 is 0 Å². The van der Waals surface area contributed by atoms with Crippen molar-refractivity contribution in [3.05, 3.63) is 0 Å². The summed E-state index contributed by atoms with van der Waals surface area (Å²) in [5, 5.41) is 8.99. The number of hydrogen-bond donors (Lipinski definition) is 1. The molecule has 1 rings (SSSR count). The van der Waals surface area contributed by atoms with Gasteiger partial charge < -0.3 is 14.6 Å². The first-order chi connectivity index (χ1) is 5.59. The molecule has 1 fully saturated rings. The van der Waals surface area contributed by atoms with Crippen molar-refractivity contribution >= 4 is 0 Å². The molecule has 0 amide bonds. The summed E-state index contributed by atoms with van der Waals surface area (Å²) in [6.45, 7) is 5.91. The lowest BCUT2D eigenvalue weighted by Crippen LogP contribution is -2.25. The number of hydrogen-bond acceptors (Lipinski definition) is 3. The highest BCUT2D eigenvalue weighted by Gasteiger charge is 2.39. The normalized spacial score (nSPS) is 34.0. The monoisotopic (exact) mass is 174 g/mol. The molecule has 1 saturated heterocycles. The molecule has 0 aromatic carbocycles. The zero-order valence-electron chi connectivity index (χ0n) is 8.04. The predicted molar refractivity (Wildman–Crippen MR) is 45.8 cm³/mol. The van der Waals surface area contributed by atoms with E-state index in [1.165, 1.54) is 0 Å². The van der Waals surface area contributed by atoms with Gasteiger partial charge in [-0.15, -0.1) is 0 Å². The van der Waals surface area contributed by atoms with E-state index in [0.29, 0.717) is 0 Å². The molecule has 1 aliphatic heterocycles. The number of ether oxygens (including phenoxy) is 2. The average molecular weight is 174 g/mol. The fourth-order valence-electron chi connectivity index (χ4n) is 1.59. The standard InChI is InChI=1S/C9H18O3/c1-4-5-7-8(6-10)12-9(2,3)11-7/h7-8,10H,4-6H2,1-3H3/t7-,8-/m0/s1. The Kier molecular flexibility index (Phi) is 3.09. The number of aliphatic hydroxyl groups is 1. The van der Waals surface area contributed by atoms with Crippen molar-refractivity contribution in [1.82, 2.24) is 0 Å². The second kappa shape index (κ2) is 3.73. The van der Waals surface area contributed by atoms with Gasteiger partial charge in [0.25, 0.3) is 0 Å². The zero-order chi connectivity index (χ0) is 9.19. The average Bonchev–Trinajstić information content (AvgIpc) is 2.26. The zero-order valence-corrected chi connectivity index (χ0v) is 8.04. The highest BCUT2D eigenvalue weighted by Crippen LogP contribution is 2.29. The summed E-state index contributed by atoms with van der Waals surface area (Å²) in [7, 11) is 0. The molecule has 0 unspecified atom stereocenters. The lowest BCUT2D eigenvalue weighted by Gasteiger charge is -2.16. The van der Waals surface area contributed by atoms with E-state index in [0.717, 1.165) is 12.8 Å². The van der Waals surface area contributed by atoms with E-state index in [9.17, 15) is 0 Å². The molecule has 0 aromatic heterocycles. The van der Waals surface area contributed by atoms with Gasteiger partial charge in [0.05, 0.1) is 12.7 Å². The third-order valence-electron chi connectivity index (χ3n) is 2.04. The van der Waals surface area contributed by atoms with Crippen molar-refractivity contribution in [3.63, 3.8) is 0 Å². The molecule has 12 heavy (non-hydrogen) atoms. The fourth-order valence-corrected chi connectivity index (χ4v) is 1.59. The van der Waals surface area contributed by atoms with Gasteiger partial charge in [0.15, 0.2) is 5.79 Å². The Bertz CT molecular complexity index is 145. The van der Waals surface area contributed by atoms with Gasteiger partial charge in [-0.2, -0.15) is 0 Å². The molecular formula is C9H18O3. The molecule has 1 aliphatic rings. The molecule has 3 nitrogen and oxygen atoms in total. The summed E-state index contributed by atoms with van der Waals surface area (Å²) in [6.07, 6.45) is 1.94. The Morgan fingerprint density at radius 1 is 1.25 bits per heavy atom. The van der Waals surface area contributed by atoms with Crippen LogP contribution in [-0.4, -0.2) is 29.7 Å². The molecule has 0 bridgehead atoms. The fraction of sp³-hybridized carbons (Fsp3) is 1.00. The lowest BCUT2D eigenvalue weighted by molar-refractivity contribution is -0.149. The van der Waals surface area contributed by atoms with E-state index in [4.69, 9.17) is 14.6 Å². The summed E-state index contributed by atoms with van der Waals surface area (Å²) >= 11 is 0. The van der Waals surface area contributed by atoms with Gasteiger partial charge in [0, 0.05) is 0 Å². The van der Waals surface area contributed by atoms with E-state index in [2.05, 4.69) is 6.92 Å². The first-order valence-corrected chi connectivity index (χ1v) is 4.55. The molecule has 1 N–H and O–H groups in total. The van der Waals surface area contributed by atoms with Crippen LogP contribution in [-0.2, 0) is 9.47 Å². The Labute approximate surface area is 73.7 Å². The van der Waals surface area contributed by atoms with Gasteiger partial charge in [-0.1, -0.05) is 13.3 Å². The number of rotatable bonds is 3. The third-order valence-corrected chi connectivity index (χ3v) is 2.04. The number of aliphatic hydroxyl groups excluding tert-OH is 1. The Balaban J connectivity index is 2.50. The van der Waals surface area contributed by atoms with E-state index >= 15 is 0 Å². The largest absolute Gasteiger partial charge is 0.394 e. The van der Waals surface area contributed by atoms with Crippen LogP contribution in [0.2, 0.25) is 0 Å². The summed E-state index contributed by atoms with van der Waals surface area (Å²) in [5.41, 5.74) is 0. The Hall–Kier alpha value is -0.120. The lowest BCUT2D eigenvalue weighted by atomic mass is 10.1. The van der Waals surface area contributed by atoms with Gasteiger partial charge in [0.2, 0.25) is 0 Å². The van der Waals surface area contributed by atoms with Crippen molar-refractivity contribution in [3.8, 4) is 0 Å². The van der Waals surface area contributed by atoms with Crippen molar-refractivity contribution in [1.29, 1.82) is 0 Å². The minimum Gasteiger partial charge on any atom is -0.394 e. The summed E-state index contributed by atoms with van der Waals surface area (Å²) in [5.74, 6) is -0.521. The van der Waals surface area contributed by atoms with Crippen LogP contribution in [0.5, 0.6) is 0 Å². The summed E-state index contributed by atoms with van der Waals surface area (Å²) < 4.78 is 11.1. The molecular weight excluding hydrogens is 156 g/mol. The van der Waals surface area contributed by atoms with Gasteiger partial charge >= 0.3 is 0 Å². The van der Waals surface area contributed by atoms with Crippen LogP contribution in [0.4, 0.5) is 0 Å². The molecule has 3 heteroatoms. The van der Waals surface area contributed by atoms with Crippen molar-refractivity contribution in [2.75, 3.05) is 6.61 Å². The molecule has 0 spiro atoms. The van der Waals surface area contributed by atoms with Gasteiger partial charge in [-0.05, 0) is 20.3 Å². The van der Waals surface area contributed by atoms with Crippen molar-refractivity contribution < 1.29 is 14.6 Å². The molecule has 0 radical (unpaired) electrons. The predicted octanol–water partition coefficient (Wildman–Crippen LogP) is 1.30. The van der Waals surface area contributed by atoms with Crippen LogP contribution in [0.3, 0.4) is 0 Å². The van der Waals surface area contributed by atoms with Gasteiger partial charge in [0.1, 0.15) is 6.10 Å². The van der Waals surface area contributed by atoms with E-state index in [1.54, 1.807) is 0 Å². The van der Waals surface area contributed by atoms with Gasteiger partial charge in [-0.3, -0.25) is 0 Å². The van der Waals surface area contributed by atoms with E-state index in [-0.39, 0.29) is 18.8 Å². The maximum absolute atomic E-state index is 8.99. The smallest absolute Gasteiger partial charge is 0.163 e. The molecule has 0 aliphatic carbocycles. The maximum atomic E-state index is 8.99. The molecule has 2 atom stereocenters. The highest BCUT2D eigenvalue weighted by molar-refractivity contribution is 4.80. The Morgan fingerprint density at radius 2 is 1.83 bits per heavy atom. The van der Waals surface area contributed by atoms with Crippen LogP contribution in [0.1, 0.15) is 33.6 Å². The molecule has 0 aromatic rings. The van der Waals surface area contributed by atoms with Crippen molar-refractivity contribution in [2.24, 2.45) is 0 Å². The van der Waals surface area contributed by atoms with E-state index < -0.39 is 5.79 Å². The van der Waals surface area contributed by atoms with E-state index in [1.807, 2.05) is 13.8 Å². The van der Waals surface area contributed by atoms with Crippen LogP contribution < -0.4 is 0 Å². The first kappa shape index (κ1) is 9.96. The maximum Gasteiger partial charge on any atom is 0.163 e. The van der Waals surface area contributed by atoms with Crippen LogP contribution in [0, 0.1) is 0 Å². The molecule has 1 heterocycles. The summed E-state index contributed by atoms with van der Waals surface area (Å²) in [4.78, 5) is 0. The minimum atomic E-state index is -0.521. The van der Waals surface area contributed by atoms with Gasteiger partial charge in [-0.25, -0.2) is 0 Å². The van der Waals surface area contributed by atoms with Crippen LogP contribution in [0.25, 0.3) is 0 Å². The first-order valence-electron chi connectivity index (χ1n) is 4.55. The SMILES string of the molecule is CCC[C@@H]1OC(C)(C)O[C@H]1CO. The third kappa shape index (κ3) is 2.19. The second-order valence-electron chi connectivity index (χ2n) is 3.68. The minimum absolute atomic E-state index is 0.0497. The molecule has 72 valence electrons. The topological polar surface area (TPSA) is 38.7 Å². The summed E-state index contributed by atoms with van der Waals surface area (Å²) in [6, 6.07) is 0. The highest BCUT2D eigenvalue weighted by atomic mass is 16.8. The quantitative estimate of drug-likeness (QED) is 0.701. The second-order valence-corrected chi connectivity index (χ2v) is 3.68. The van der Waals surface area contributed by atoms with Crippen LogP contribution in [0.15, 0.2) is 0 Å². The Morgan fingerprint density at radius 3 is 2.33 bits per heavy atom.